The molecule has 1 unspecified atom stereocenters. The van der Waals surface area contributed by atoms with Gasteiger partial charge in [-0.15, -0.1) is 0 Å². The molecule has 0 aromatic heterocycles. The summed E-state index contributed by atoms with van der Waals surface area (Å²) in [7, 11) is 0. The molecule has 0 spiro atoms. The van der Waals surface area contributed by atoms with Gasteiger partial charge in [0, 0.05) is 25.8 Å². The quantitative estimate of drug-likeness (QED) is 0.217. The summed E-state index contributed by atoms with van der Waals surface area (Å²) in [5.41, 5.74) is 0. The highest BCUT2D eigenvalue weighted by atomic mass is 16.5. The fraction of sp³-hybridized carbons (Fsp3) is 0.960. The Labute approximate surface area is 181 Å². The Kier molecular flexibility index (Phi) is 13.5. The molecule has 0 bridgehead atoms. The van der Waals surface area contributed by atoms with Crippen LogP contribution in [0.15, 0.2) is 4.99 Å². The number of hydrogen-bond acceptors (Lipinski definition) is 2. The predicted octanol–water partition coefficient (Wildman–Crippen LogP) is 6.20. The van der Waals surface area contributed by atoms with Crippen molar-refractivity contribution < 1.29 is 4.74 Å². The molecular weight excluding hydrogens is 358 g/mol. The van der Waals surface area contributed by atoms with Crippen molar-refractivity contribution in [3.8, 4) is 0 Å². The van der Waals surface area contributed by atoms with E-state index in [0.29, 0.717) is 12.1 Å². The highest BCUT2D eigenvalue weighted by Crippen LogP contribution is 2.21. The first-order chi connectivity index (χ1) is 14.3. The van der Waals surface area contributed by atoms with Gasteiger partial charge in [-0.25, -0.2) is 4.99 Å². The molecule has 0 heterocycles. The van der Waals surface area contributed by atoms with E-state index in [1.165, 1.54) is 89.9 Å². The van der Waals surface area contributed by atoms with Crippen LogP contribution in [0.3, 0.4) is 0 Å². The van der Waals surface area contributed by atoms with E-state index >= 15 is 0 Å². The summed E-state index contributed by atoms with van der Waals surface area (Å²) in [4.78, 5) is 5.09. The largest absolute Gasteiger partial charge is 0.381 e. The van der Waals surface area contributed by atoms with Gasteiger partial charge in [0.05, 0.1) is 6.04 Å². The minimum Gasteiger partial charge on any atom is -0.381 e. The highest BCUT2D eigenvalue weighted by Gasteiger charge is 2.17. The molecule has 170 valence electrons. The Hall–Kier alpha value is -0.770. The molecule has 1 atom stereocenters. The van der Waals surface area contributed by atoms with Gasteiger partial charge in [0.15, 0.2) is 5.96 Å². The van der Waals surface area contributed by atoms with Crippen LogP contribution in [0.1, 0.15) is 117 Å². The van der Waals surface area contributed by atoms with Crippen LogP contribution >= 0.6 is 0 Å². The second-order valence-corrected chi connectivity index (χ2v) is 9.37. The molecule has 2 N–H and O–H groups in total. The molecule has 2 fully saturated rings. The number of hydrogen-bond donors (Lipinski definition) is 2. The number of rotatable bonds is 13. The van der Waals surface area contributed by atoms with E-state index in [0.717, 1.165) is 44.5 Å². The average molecular weight is 408 g/mol. The Morgan fingerprint density at radius 2 is 1.66 bits per heavy atom. The molecule has 0 aromatic rings. The predicted molar refractivity (Wildman–Crippen MR) is 126 cm³/mol. The summed E-state index contributed by atoms with van der Waals surface area (Å²) in [6.45, 7) is 7.41. The molecule has 0 amide bonds. The maximum absolute atomic E-state index is 5.96. The lowest BCUT2D eigenvalue weighted by Gasteiger charge is -2.27. The summed E-state index contributed by atoms with van der Waals surface area (Å²) in [6.07, 6.45) is 20.8. The van der Waals surface area contributed by atoms with Crippen LogP contribution in [0.5, 0.6) is 0 Å². The third kappa shape index (κ3) is 11.3. The minimum absolute atomic E-state index is 0.528. The summed E-state index contributed by atoms with van der Waals surface area (Å²) < 4.78 is 5.96. The molecule has 0 radical (unpaired) electrons. The van der Waals surface area contributed by atoms with Crippen LogP contribution in [0.25, 0.3) is 0 Å². The van der Waals surface area contributed by atoms with E-state index in [1.54, 1.807) is 0 Å². The lowest BCUT2D eigenvalue weighted by Crippen LogP contribution is -2.45. The van der Waals surface area contributed by atoms with E-state index < -0.39 is 0 Å². The zero-order valence-corrected chi connectivity index (χ0v) is 19.5. The van der Waals surface area contributed by atoms with Gasteiger partial charge in [-0.05, 0) is 50.9 Å². The number of unbranched alkanes of at least 4 members (excludes halogenated alkanes) is 2. The van der Waals surface area contributed by atoms with E-state index in [1.807, 2.05) is 0 Å². The van der Waals surface area contributed by atoms with Gasteiger partial charge in [-0.2, -0.15) is 0 Å². The molecule has 0 aliphatic heterocycles. The normalized spacial score (nSPS) is 20.6. The van der Waals surface area contributed by atoms with Crippen LogP contribution < -0.4 is 10.6 Å². The second-order valence-electron chi connectivity index (χ2n) is 9.37. The number of aliphatic imine (C=N–C) groups is 1. The van der Waals surface area contributed by atoms with Crippen molar-refractivity contribution in [2.24, 2.45) is 10.9 Å². The SMILES string of the molecule is CCCCC(CC)COCCCCN/C(=N\C1CCCCC1)NC1CCCCC1. The topological polar surface area (TPSA) is 45.6 Å². The first-order valence-corrected chi connectivity index (χ1v) is 13.0. The number of nitrogens with one attached hydrogen (secondary N) is 2. The Bertz CT molecular complexity index is 414. The molecule has 2 aliphatic rings. The zero-order valence-electron chi connectivity index (χ0n) is 19.5. The van der Waals surface area contributed by atoms with Crippen molar-refractivity contribution in [2.45, 2.75) is 129 Å². The molecule has 2 rings (SSSR count). The number of nitrogens with zero attached hydrogens (tertiary/aromatic N) is 1. The smallest absolute Gasteiger partial charge is 0.191 e. The van der Waals surface area contributed by atoms with Crippen LogP contribution in [0.2, 0.25) is 0 Å². The lowest BCUT2D eigenvalue weighted by atomic mass is 9.95. The van der Waals surface area contributed by atoms with Crippen LogP contribution in [0.4, 0.5) is 0 Å². The molecule has 29 heavy (non-hydrogen) atoms. The van der Waals surface area contributed by atoms with Crippen LogP contribution in [-0.4, -0.2) is 37.8 Å². The summed E-state index contributed by atoms with van der Waals surface area (Å²) >= 11 is 0. The van der Waals surface area contributed by atoms with Crippen molar-refractivity contribution in [3.05, 3.63) is 0 Å². The zero-order chi connectivity index (χ0) is 20.6. The molecule has 2 aliphatic carbocycles. The summed E-state index contributed by atoms with van der Waals surface area (Å²) in [5.74, 6) is 1.83. The van der Waals surface area contributed by atoms with E-state index in [9.17, 15) is 0 Å². The first-order valence-electron chi connectivity index (χ1n) is 13.0. The maximum Gasteiger partial charge on any atom is 0.191 e. The number of ether oxygens (including phenoxy) is 1. The molecule has 0 aromatic carbocycles. The molecular formula is C25H49N3O. The van der Waals surface area contributed by atoms with Gasteiger partial charge >= 0.3 is 0 Å². The third-order valence-corrected chi connectivity index (χ3v) is 6.74. The van der Waals surface area contributed by atoms with Gasteiger partial charge in [0.2, 0.25) is 0 Å². The first kappa shape index (κ1) is 24.5. The Morgan fingerprint density at radius 3 is 2.34 bits per heavy atom. The average Bonchev–Trinajstić information content (AvgIpc) is 2.76. The van der Waals surface area contributed by atoms with Crippen molar-refractivity contribution in [2.75, 3.05) is 19.8 Å². The fourth-order valence-corrected chi connectivity index (χ4v) is 4.65. The molecule has 0 saturated heterocycles. The second kappa shape index (κ2) is 16.0. The lowest BCUT2D eigenvalue weighted by molar-refractivity contribution is 0.0913. The molecule has 2 saturated carbocycles. The van der Waals surface area contributed by atoms with E-state index in [2.05, 4.69) is 24.5 Å². The fourth-order valence-electron chi connectivity index (χ4n) is 4.65. The van der Waals surface area contributed by atoms with Crippen molar-refractivity contribution in [1.82, 2.24) is 10.6 Å². The minimum atomic E-state index is 0.528. The maximum atomic E-state index is 5.96. The van der Waals surface area contributed by atoms with E-state index in [-0.39, 0.29) is 0 Å². The monoisotopic (exact) mass is 407 g/mol. The van der Waals surface area contributed by atoms with Gasteiger partial charge in [-0.3, -0.25) is 0 Å². The van der Waals surface area contributed by atoms with Crippen molar-refractivity contribution in [3.63, 3.8) is 0 Å². The van der Waals surface area contributed by atoms with Crippen molar-refractivity contribution >= 4 is 5.96 Å². The Morgan fingerprint density at radius 1 is 0.931 bits per heavy atom. The van der Waals surface area contributed by atoms with E-state index in [4.69, 9.17) is 9.73 Å². The van der Waals surface area contributed by atoms with Gasteiger partial charge in [0.25, 0.3) is 0 Å². The standard InChI is InChI=1S/C25H49N3O/c1-3-5-14-22(4-2)21-29-20-13-12-19-26-25(27-23-15-8-6-9-16-23)28-24-17-10-7-11-18-24/h22-24H,3-21H2,1-2H3,(H2,26,27,28). The van der Waals surface area contributed by atoms with Crippen LogP contribution in [-0.2, 0) is 4.74 Å². The Balaban J connectivity index is 1.64. The van der Waals surface area contributed by atoms with Crippen molar-refractivity contribution in [1.29, 1.82) is 0 Å². The van der Waals surface area contributed by atoms with Gasteiger partial charge in [0.1, 0.15) is 0 Å². The highest BCUT2D eigenvalue weighted by molar-refractivity contribution is 5.80. The molecule has 4 heteroatoms. The van der Waals surface area contributed by atoms with Gasteiger partial charge in [-0.1, -0.05) is 71.6 Å². The van der Waals surface area contributed by atoms with Gasteiger partial charge < -0.3 is 15.4 Å². The van der Waals surface area contributed by atoms with Crippen LogP contribution in [0, 0.1) is 5.92 Å². The molecule has 4 nitrogen and oxygen atoms in total. The summed E-state index contributed by atoms with van der Waals surface area (Å²) in [5, 5.41) is 7.39. The third-order valence-electron chi connectivity index (χ3n) is 6.74. The number of guanidine groups is 1. The summed E-state index contributed by atoms with van der Waals surface area (Å²) in [6, 6.07) is 1.15.